The number of halogens is 3. The number of rotatable bonds is 2. The molecule has 1 atom stereocenters. The van der Waals surface area contributed by atoms with Crippen molar-refractivity contribution in [2.75, 3.05) is 11.1 Å². The lowest BCUT2D eigenvalue weighted by atomic mass is 10.3. The van der Waals surface area contributed by atoms with Crippen molar-refractivity contribution >= 4 is 11.5 Å². The van der Waals surface area contributed by atoms with Crippen molar-refractivity contribution in [2.45, 2.75) is 19.1 Å². The quantitative estimate of drug-likeness (QED) is 0.776. The Morgan fingerprint density at radius 1 is 1.50 bits per heavy atom. The summed E-state index contributed by atoms with van der Waals surface area (Å²) in [6.07, 6.45) is -2.94. The Labute approximate surface area is 79.1 Å². The first-order valence-electron chi connectivity index (χ1n) is 3.94. The zero-order valence-electron chi connectivity index (χ0n) is 7.47. The summed E-state index contributed by atoms with van der Waals surface area (Å²) in [5.74, 6) is 0.120. The van der Waals surface area contributed by atoms with E-state index in [0.717, 1.165) is 6.92 Å². The standard InChI is InChI=1S/C8H10F3N3/c1-5(8(9,10)11)14-7-4-6(12)2-3-13-7/h2-5H,1H3,(H3,12,13,14). The van der Waals surface area contributed by atoms with Crippen molar-refractivity contribution in [1.29, 1.82) is 0 Å². The number of hydrogen-bond acceptors (Lipinski definition) is 3. The second kappa shape index (κ2) is 3.73. The van der Waals surface area contributed by atoms with E-state index in [9.17, 15) is 13.2 Å². The van der Waals surface area contributed by atoms with Gasteiger partial charge in [-0.15, -0.1) is 0 Å². The van der Waals surface area contributed by atoms with Gasteiger partial charge in [-0.05, 0) is 13.0 Å². The molecule has 3 nitrogen and oxygen atoms in total. The van der Waals surface area contributed by atoms with E-state index in [1.54, 1.807) is 0 Å². The number of hydrogen-bond donors (Lipinski definition) is 2. The number of alkyl halides is 3. The van der Waals surface area contributed by atoms with Gasteiger partial charge in [-0.2, -0.15) is 13.2 Å². The van der Waals surface area contributed by atoms with E-state index in [2.05, 4.69) is 10.3 Å². The fraction of sp³-hybridized carbons (Fsp3) is 0.375. The molecule has 78 valence electrons. The second-order valence-corrected chi connectivity index (χ2v) is 2.88. The molecule has 1 heterocycles. The smallest absolute Gasteiger partial charge is 0.399 e. The molecule has 0 fully saturated rings. The van der Waals surface area contributed by atoms with E-state index in [4.69, 9.17) is 5.73 Å². The first-order chi connectivity index (χ1) is 6.39. The highest BCUT2D eigenvalue weighted by Crippen LogP contribution is 2.22. The normalized spacial score (nSPS) is 13.7. The SMILES string of the molecule is CC(Nc1cc(N)ccn1)C(F)(F)F. The van der Waals surface area contributed by atoms with Gasteiger partial charge in [0.05, 0.1) is 0 Å². The van der Waals surface area contributed by atoms with E-state index >= 15 is 0 Å². The lowest BCUT2D eigenvalue weighted by Crippen LogP contribution is -2.33. The highest BCUT2D eigenvalue weighted by Gasteiger charge is 2.36. The van der Waals surface area contributed by atoms with Gasteiger partial charge < -0.3 is 11.1 Å². The average molecular weight is 205 g/mol. The van der Waals surface area contributed by atoms with Gasteiger partial charge in [0.25, 0.3) is 0 Å². The van der Waals surface area contributed by atoms with Crippen LogP contribution in [0.4, 0.5) is 24.7 Å². The number of aromatic nitrogens is 1. The third-order valence-corrected chi connectivity index (χ3v) is 1.64. The monoisotopic (exact) mass is 205 g/mol. The van der Waals surface area contributed by atoms with Crippen molar-refractivity contribution in [3.8, 4) is 0 Å². The van der Waals surface area contributed by atoms with Gasteiger partial charge in [0.1, 0.15) is 11.9 Å². The van der Waals surface area contributed by atoms with Gasteiger partial charge in [0.15, 0.2) is 0 Å². The minimum absolute atomic E-state index is 0.120. The minimum atomic E-state index is -4.29. The largest absolute Gasteiger partial charge is 0.408 e. The van der Waals surface area contributed by atoms with Crippen molar-refractivity contribution in [3.63, 3.8) is 0 Å². The maximum absolute atomic E-state index is 12.1. The Hall–Kier alpha value is -1.46. The van der Waals surface area contributed by atoms with Crippen LogP contribution in [0.1, 0.15) is 6.92 Å². The molecule has 1 rings (SSSR count). The molecule has 0 bridgehead atoms. The van der Waals surface area contributed by atoms with Crippen LogP contribution in [0, 0.1) is 0 Å². The molecular weight excluding hydrogens is 195 g/mol. The summed E-state index contributed by atoms with van der Waals surface area (Å²) >= 11 is 0. The molecule has 0 aliphatic carbocycles. The van der Waals surface area contributed by atoms with Gasteiger partial charge in [0.2, 0.25) is 0 Å². The van der Waals surface area contributed by atoms with Crippen molar-refractivity contribution in [3.05, 3.63) is 18.3 Å². The Morgan fingerprint density at radius 3 is 2.64 bits per heavy atom. The number of anilines is 2. The van der Waals surface area contributed by atoms with E-state index in [1.807, 2.05) is 0 Å². The van der Waals surface area contributed by atoms with Crippen LogP contribution >= 0.6 is 0 Å². The predicted molar refractivity (Wildman–Crippen MR) is 47.8 cm³/mol. The summed E-state index contributed by atoms with van der Waals surface area (Å²) in [6.45, 7) is 1.02. The van der Waals surface area contributed by atoms with E-state index in [0.29, 0.717) is 5.69 Å². The second-order valence-electron chi connectivity index (χ2n) is 2.88. The Kier molecular flexibility index (Phi) is 2.83. The molecule has 0 aliphatic heterocycles. The third-order valence-electron chi connectivity index (χ3n) is 1.64. The molecule has 6 heteroatoms. The fourth-order valence-corrected chi connectivity index (χ4v) is 0.829. The maximum Gasteiger partial charge on any atom is 0.408 e. The predicted octanol–water partition coefficient (Wildman–Crippen LogP) is 2.03. The van der Waals surface area contributed by atoms with E-state index in [1.165, 1.54) is 18.3 Å². The average Bonchev–Trinajstić information content (AvgIpc) is 2.02. The maximum atomic E-state index is 12.1. The number of nitrogens with two attached hydrogens (primary N) is 1. The molecule has 0 spiro atoms. The Balaban J connectivity index is 2.70. The lowest BCUT2D eigenvalue weighted by Gasteiger charge is -2.17. The summed E-state index contributed by atoms with van der Waals surface area (Å²) in [5, 5.41) is 2.21. The van der Waals surface area contributed by atoms with Crippen molar-refractivity contribution in [1.82, 2.24) is 4.98 Å². The van der Waals surface area contributed by atoms with Gasteiger partial charge >= 0.3 is 6.18 Å². The molecular formula is C8H10F3N3. The third kappa shape index (κ3) is 2.79. The number of nitrogen functional groups attached to an aromatic ring is 1. The zero-order chi connectivity index (χ0) is 10.8. The van der Waals surface area contributed by atoms with Crippen LogP contribution < -0.4 is 11.1 Å². The summed E-state index contributed by atoms with van der Waals surface area (Å²) in [4.78, 5) is 3.70. The fourth-order valence-electron chi connectivity index (χ4n) is 0.829. The number of nitrogens with one attached hydrogen (secondary N) is 1. The van der Waals surface area contributed by atoms with Crippen LogP contribution in [0.5, 0.6) is 0 Å². The first kappa shape index (κ1) is 10.6. The molecule has 0 saturated carbocycles. The summed E-state index contributed by atoms with van der Waals surface area (Å²) in [6, 6.07) is 1.21. The number of pyridine rings is 1. The topological polar surface area (TPSA) is 50.9 Å². The van der Waals surface area contributed by atoms with Crippen LogP contribution in [0.25, 0.3) is 0 Å². The molecule has 1 aromatic rings. The van der Waals surface area contributed by atoms with Crippen LogP contribution in [0.3, 0.4) is 0 Å². The van der Waals surface area contributed by atoms with Crippen LogP contribution in [0.15, 0.2) is 18.3 Å². The van der Waals surface area contributed by atoms with Crippen molar-refractivity contribution in [2.24, 2.45) is 0 Å². The highest BCUT2D eigenvalue weighted by atomic mass is 19.4. The lowest BCUT2D eigenvalue weighted by molar-refractivity contribution is -0.138. The summed E-state index contributed by atoms with van der Waals surface area (Å²) in [7, 11) is 0. The van der Waals surface area contributed by atoms with Crippen LogP contribution in [-0.2, 0) is 0 Å². The van der Waals surface area contributed by atoms with Gasteiger partial charge in [-0.25, -0.2) is 4.98 Å². The summed E-state index contributed by atoms with van der Waals surface area (Å²) < 4.78 is 36.3. The molecule has 0 radical (unpaired) electrons. The van der Waals surface area contributed by atoms with E-state index in [-0.39, 0.29) is 5.82 Å². The Morgan fingerprint density at radius 2 is 2.14 bits per heavy atom. The highest BCUT2D eigenvalue weighted by molar-refractivity contribution is 5.48. The Bertz CT molecular complexity index is 311. The minimum Gasteiger partial charge on any atom is -0.399 e. The first-order valence-corrected chi connectivity index (χ1v) is 3.94. The molecule has 1 unspecified atom stereocenters. The van der Waals surface area contributed by atoms with E-state index < -0.39 is 12.2 Å². The molecule has 3 N–H and O–H groups in total. The number of nitrogens with zero attached hydrogens (tertiary/aromatic N) is 1. The van der Waals surface area contributed by atoms with Gasteiger partial charge in [-0.3, -0.25) is 0 Å². The zero-order valence-corrected chi connectivity index (χ0v) is 7.47. The summed E-state index contributed by atoms with van der Waals surface area (Å²) in [5.41, 5.74) is 5.75. The van der Waals surface area contributed by atoms with Gasteiger partial charge in [-0.1, -0.05) is 0 Å². The molecule has 14 heavy (non-hydrogen) atoms. The molecule has 1 aromatic heterocycles. The van der Waals surface area contributed by atoms with Crippen LogP contribution in [0.2, 0.25) is 0 Å². The molecule has 0 amide bonds. The van der Waals surface area contributed by atoms with Crippen LogP contribution in [-0.4, -0.2) is 17.2 Å². The molecule has 0 aliphatic rings. The molecule has 0 saturated heterocycles. The van der Waals surface area contributed by atoms with Crippen molar-refractivity contribution < 1.29 is 13.2 Å². The molecule has 0 aromatic carbocycles. The van der Waals surface area contributed by atoms with Gasteiger partial charge in [0, 0.05) is 18.0 Å².